The van der Waals surface area contributed by atoms with Crippen molar-refractivity contribution < 1.29 is 14.3 Å². The maximum absolute atomic E-state index is 12.3. The van der Waals surface area contributed by atoms with Crippen LogP contribution in [-0.2, 0) is 11.2 Å². The van der Waals surface area contributed by atoms with Crippen LogP contribution >= 0.6 is 15.9 Å². The third-order valence-electron chi connectivity index (χ3n) is 4.45. The van der Waals surface area contributed by atoms with Gasteiger partial charge < -0.3 is 15.4 Å². The second-order valence-corrected chi connectivity index (χ2v) is 7.69. The predicted molar refractivity (Wildman–Crippen MR) is 122 cm³/mol. The molecule has 0 fully saturated rings. The van der Waals surface area contributed by atoms with Crippen molar-refractivity contribution in [2.45, 2.75) is 19.4 Å². The number of carbonyl (C=O) groups is 2. The van der Waals surface area contributed by atoms with Gasteiger partial charge in [0.2, 0.25) is 0 Å². The Labute approximate surface area is 184 Å². The van der Waals surface area contributed by atoms with Crippen LogP contribution in [0.1, 0.15) is 22.8 Å². The Morgan fingerprint density at radius 1 is 0.933 bits per heavy atom. The smallest absolute Gasteiger partial charge is 0.265 e. The third kappa shape index (κ3) is 6.46. The van der Waals surface area contributed by atoms with Gasteiger partial charge in [-0.15, -0.1) is 0 Å². The summed E-state index contributed by atoms with van der Waals surface area (Å²) in [5.74, 6) is 0.132. The van der Waals surface area contributed by atoms with E-state index in [4.69, 9.17) is 4.74 Å². The van der Waals surface area contributed by atoms with Gasteiger partial charge in [0.05, 0.1) is 0 Å². The van der Waals surface area contributed by atoms with Crippen molar-refractivity contribution in [3.8, 4) is 5.75 Å². The summed E-state index contributed by atoms with van der Waals surface area (Å²) in [5.41, 5.74) is 2.42. The molecule has 0 bridgehead atoms. The number of nitrogens with one attached hydrogen (secondary N) is 2. The number of halogens is 1. The van der Waals surface area contributed by atoms with E-state index in [0.717, 1.165) is 10.9 Å². The Kier molecular flexibility index (Phi) is 7.63. The highest BCUT2D eigenvalue weighted by Gasteiger charge is 2.15. The van der Waals surface area contributed by atoms with Gasteiger partial charge in [0.15, 0.2) is 6.10 Å². The number of rotatable bonds is 8. The molecule has 6 heteroatoms. The monoisotopic (exact) mass is 466 g/mol. The molecule has 30 heavy (non-hydrogen) atoms. The first-order chi connectivity index (χ1) is 14.5. The molecule has 3 rings (SSSR count). The zero-order chi connectivity index (χ0) is 21.3. The molecule has 0 aliphatic carbocycles. The highest BCUT2D eigenvalue weighted by Crippen LogP contribution is 2.17. The van der Waals surface area contributed by atoms with E-state index in [1.54, 1.807) is 43.3 Å². The molecule has 2 amide bonds. The summed E-state index contributed by atoms with van der Waals surface area (Å²) in [6, 6.07) is 24.1. The molecule has 0 radical (unpaired) electrons. The number of ether oxygens (including phenoxy) is 1. The second-order valence-electron chi connectivity index (χ2n) is 6.77. The van der Waals surface area contributed by atoms with Gasteiger partial charge in [-0.2, -0.15) is 0 Å². The van der Waals surface area contributed by atoms with Gasteiger partial charge in [-0.3, -0.25) is 9.59 Å². The normalized spacial score (nSPS) is 11.4. The van der Waals surface area contributed by atoms with Crippen LogP contribution < -0.4 is 15.4 Å². The highest BCUT2D eigenvalue weighted by molar-refractivity contribution is 9.10. The minimum Gasteiger partial charge on any atom is -0.481 e. The fourth-order valence-electron chi connectivity index (χ4n) is 2.79. The molecule has 3 aromatic carbocycles. The lowest BCUT2D eigenvalue weighted by atomic mass is 10.1. The molecular formula is C24H23BrN2O3. The van der Waals surface area contributed by atoms with E-state index in [2.05, 4.69) is 26.6 Å². The van der Waals surface area contributed by atoms with Crippen LogP contribution in [0.2, 0.25) is 0 Å². The van der Waals surface area contributed by atoms with Gasteiger partial charge in [0.1, 0.15) is 5.75 Å². The molecule has 0 aliphatic heterocycles. The third-order valence-corrected chi connectivity index (χ3v) is 4.98. The Hall–Kier alpha value is -3.12. The Balaban J connectivity index is 1.47. The number of benzene rings is 3. The van der Waals surface area contributed by atoms with Crippen LogP contribution in [0.25, 0.3) is 0 Å². The van der Waals surface area contributed by atoms with E-state index >= 15 is 0 Å². The van der Waals surface area contributed by atoms with E-state index in [-0.39, 0.29) is 11.8 Å². The van der Waals surface area contributed by atoms with Gasteiger partial charge in [-0.25, -0.2) is 0 Å². The zero-order valence-electron chi connectivity index (χ0n) is 16.6. The van der Waals surface area contributed by atoms with Crippen molar-refractivity contribution in [3.05, 3.63) is 94.5 Å². The summed E-state index contributed by atoms with van der Waals surface area (Å²) in [6.07, 6.45) is 0.0953. The van der Waals surface area contributed by atoms with E-state index in [1.165, 1.54) is 5.56 Å². The van der Waals surface area contributed by atoms with Crippen molar-refractivity contribution in [3.63, 3.8) is 0 Å². The molecule has 5 nitrogen and oxygen atoms in total. The van der Waals surface area contributed by atoms with Gasteiger partial charge in [-0.1, -0.05) is 46.3 Å². The zero-order valence-corrected chi connectivity index (χ0v) is 18.2. The lowest BCUT2D eigenvalue weighted by Gasteiger charge is -2.15. The molecule has 154 valence electrons. The molecule has 2 N–H and O–H groups in total. The number of anilines is 1. The van der Waals surface area contributed by atoms with Crippen LogP contribution in [0.4, 0.5) is 5.69 Å². The largest absolute Gasteiger partial charge is 0.481 e. The summed E-state index contributed by atoms with van der Waals surface area (Å²) in [6.45, 7) is 2.24. The summed E-state index contributed by atoms with van der Waals surface area (Å²) in [7, 11) is 0. The van der Waals surface area contributed by atoms with E-state index in [0.29, 0.717) is 23.5 Å². The molecule has 0 aliphatic rings. The highest BCUT2D eigenvalue weighted by atomic mass is 79.9. The first-order valence-electron chi connectivity index (χ1n) is 9.66. The summed E-state index contributed by atoms with van der Waals surface area (Å²) in [5, 5.41) is 5.72. The number of carbonyl (C=O) groups excluding carboxylic acids is 2. The van der Waals surface area contributed by atoms with Crippen LogP contribution in [0.3, 0.4) is 0 Å². The standard InChI is InChI=1S/C24H23BrN2O3/c1-17(23(28)27-21-11-9-20(25)10-12-21)30-22-13-7-19(8-14-22)24(29)26-16-15-18-5-3-2-4-6-18/h2-14,17H,15-16H2,1H3,(H,26,29)(H,27,28). The van der Waals surface area contributed by atoms with Crippen LogP contribution in [-0.4, -0.2) is 24.5 Å². The lowest BCUT2D eigenvalue weighted by Crippen LogP contribution is -2.30. The van der Waals surface area contributed by atoms with Crippen molar-refractivity contribution in [1.29, 1.82) is 0 Å². The van der Waals surface area contributed by atoms with Gasteiger partial charge in [0, 0.05) is 22.3 Å². The average Bonchev–Trinajstić information content (AvgIpc) is 2.76. The first-order valence-corrected chi connectivity index (χ1v) is 10.5. The Morgan fingerprint density at radius 2 is 1.60 bits per heavy atom. The van der Waals surface area contributed by atoms with Crippen LogP contribution in [0.15, 0.2) is 83.3 Å². The van der Waals surface area contributed by atoms with Crippen LogP contribution in [0.5, 0.6) is 5.75 Å². The summed E-state index contributed by atoms with van der Waals surface area (Å²) >= 11 is 3.36. The molecule has 1 unspecified atom stereocenters. The van der Waals surface area contributed by atoms with Crippen LogP contribution in [0, 0.1) is 0 Å². The fraction of sp³-hybridized carbons (Fsp3) is 0.167. The quantitative estimate of drug-likeness (QED) is 0.499. The average molecular weight is 467 g/mol. The molecule has 0 saturated heterocycles. The lowest BCUT2D eigenvalue weighted by molar-refractivity contribution is -0.122. The number of hydrogen-bond acceptors (Lipinski definition) is 3. The molecule has 3 aromatic rings. The van der Waals surface area contributed by atoms with Crippen molar-refractivity contribution in [2.75, 3.05) is 11.9 Å². The van der Waals surface area contributed by atoms with Gasteiger partial charge >= 0.3 is 0 Å². The maximum atomic E-state index is 12.3. The van der Waals surface area contributed by atoms with Gasteiger partial charge in [-0.05, 0) is 67.4 Å². The Morgan fingerprint density at radius 3 is 2.27 bits per heavy atom. The van der Waals surface area contributed by atoms with E-state index < -0.39 is 6.10 Å². The molecule has 0 spiro atoms. The molecule has 1 atom stereocenters. The first kappa shape index (κ1) is 21.6. The summed E-state index contributed by atoms with van der Waals surface area (Å²) in [4.78, 5) is 24.6. The number of amides is 2. The maximum Gasteiger partial charge on any atom is 0.265 e. The van der Waals surface area contributed by atoms with Gasteiger partial charge in [0.25, 0.3) is 11.8 Å². The minimum atomic E-state index is -0.681. The summed E-state index contributed by atoms with van der Waals surface area (Å²) < 4.78 is 6.63. The topological polar surface area (TPSA) is 67.4 Å². The fourth-order valence-corrected chi connectivity index (χ4v) is 3.05. The van der Waals surface area contributed by atoms with Crippen molar-refractivity contribution >= 4 is 33.4 Å². The number of hydrogen-bond donors (Lipinski definition) is 2. The van der Waals surface area contributed by atoms with E-state index in [9.17, 15) is 9.59 Å². The molecule has 0 heterocycles. The SMILES string of the molecule is CC(Oc1ccc(C(=O)NCCc2ccccc2)cc1)C(=O)Nc1ccc(Br)cc1. The molecule has 0 aromatic heterocycles. The van der Waals surface area contributed by atoms with Crippen molar-refractivity contribution in [1.82, 2.24) is 5.32 Å². The Bertz CT molecular complexity index is 974. The minimum absolute atomic E-state index is 0.140. The van der Waals surface area contributed by atoms with E-state index in [1.807, 2.05) is 42.5 Å². The second kappa shape index (κ2) is 10.6. The van der Waals surface area contributed by atoms with Crippen molar-refractivity contribution in [2.24, 2.45) is 0 Å². The molecular weight excluding hydrogens is 444 g/mol. The molecule has 0 saturated carbocycles. The predicted octanol–water partition coefficient (Wildman–Crippen LogP) is 4.83.